The van der Waals surface area contributed by atoms with Crippen LogP contribution in [0.3, 0.4) is 0 Å². The van der Waals surface area contributed by atoms with Crippen molar-refractivity contribution in [2.45, 2.75) is 46.0 Å². The lowest BCUT2D eigenvalue weighted by atomic mass is 10.1. The third-order valence-electron chi connectivity index (χ3n) is 3.01. The molecule has 1 saturated heterocycles. The van der Waals surface area contributed by atoms with Crippen molar-refractivity contribution < 1.29 is 4.79 Å². The number of piperidine rings is 1. The molecule has 3 nitrogen and oxygen atoms in total. The summed E-state index contributed by atoms with van der Waals surface area (Å²) in [6.45, 7) is 8.57. The molecule has 1 amide bonds. The molecule has 1 N–H and O–H groups in total. The van der Waals surface area contributed by atoms with E-state index < -0.39 is 0 Å². The third kappa shape index (κ3) is 5.50. The second-order valence-electron chi connectivity index (χ2n) is 5.14. The lowest BCUT2D eigenvalue weighted by molar-refractivity contribution is -0.133. The number of hydrogen-bond donors (Lipinski definition) is 1. The molecule has 0 radical (unpaired) electrons. The van der Waals surface area contributed by atoms with Crippen molar-refractivity contribution in [2.75, 3.05) is 26.2 Å². The number of unbranched alkanes of at least 4 members (excludes halogenated alkanes) is 1. The van der Waals surface area contributed by atoms with Crippen LogP contribution in [0.4, 0.5) is 0 Å². The fourth-order valence-electron chi connectivity index (χ4n) is 2.04. The van der Waals surface area contributed by atoms with Gasteiger partial charge in [-0.2, -0.15) is 0 Å². The highest BCUT2D eigenvalue weighted by atomic mass is 16.2. The van der Waals surface area contributed by atoms with Gasteiger partial charge in [-0.15, -0.1) is 0 Å². The van der Waals surface area contributed by atoms with Crippen LogP contribution in [0.25, 0.3) is 0 Å². The zero-order chi connectivity index (χ0) is 11.8. The average Bonchev–Trinajstić information content (AvgIpc) is 2.25. The van der Waals surface area contributed by atoms with Gasteiger partial charge in [0.05, 0.1) is 0 Å². The van der Waals surface area contributed by atoms with E-state index in [0.717, 1.165) is 51.4 Å². The molecule has 0 bridgehead atoms. The number of hydrogen-bond acceptors (Lipinski definition) is 2. The highest BCUT2D eigenvalue weighted by Crippen LogP contribution is 2.10. The number of likely N-dealkylation sites (tertiary alicyclic amines) is 1. The normalized spacial score (nSPS) is 17.2. The van der Waals surface area contributed by atoms with Crippen LogP contribution in [-0.2, 0) is 4.79 Å². The number of amides is 1. The Morgan fingerprint density at radius 3 is 2.81 bits per heavy atom. The molecule has 1 aliphatic heterocycles. The van der Waals surface area contributed by atoms with Crippen LogP contribution in [0.15, 0.2) is 0 Å². The van der Waals surface area contributed by atoms with Crippen molar-refractivity contribution in [1.82, 2.24) is 10.2 Å². The molecule has 0 aromatic carbocycles. The molecule has 0 aromatic rings. The summed E-state index contributed by atoms with van der Waals surface area (Å²) in [5.74, 6) is 1.09. The fraction of sp³-hybridized carbons (Fsp3) is 0.923. The summed E-state index contributed by atoms with van der Waals surface area (Å²) in [6.07, 6.45) is 5.36. The van der Waals surface area contributed by atoms with Crippen LogP contribution in [0, 0.1) is 5.92 Å². The molecule has 1 fully saturated rings. The van der Waals surface area contributed by atoms with Crippen LogP contribution in [0.1, 0.15) is 46.0 Å². The van der Waals surface area contributed by atoms with Crippen molar-refractivity contribution in [2.24, 2.45) is 5.92 Å². The topological polar surface area (TPSA) is 32.3 Å². The zero-order valence-electron chi connectivity index (χ0n) is 10.8. The standard InChI is InChI=1S/C13H26N2O/c1-12(2)11-14-8-4-6-10-15-9-5-3-7-13(15)16/h12,14H,3-11H2,1-2H3. The quantitative estimate of drug-likeness (QED) is 0.674. The Labute approximate surface area is 99.6 Å². The summed E-state index contributed by atoms with van der Waals surface area (Å²) in [6, 6.07) is 0. The van der Waals surface area contributed by atoms with E-state index in [4.69, 9.17) is 0 Å². The predicted octanol–water partition coefficient (Wildman–Crippen LogP) is 2.02. The first-order valence-electron chi connectivity index (χ1n) is 6.68. The van der Waals surface area contributed by atoms with Gasteiger partial charge in [0.1, 0.15) is 0 Å². The maximum atomic E-state index is 11.5. The molecule has 3 heteroatoms. The molecule has 1 rings (SSSR count). The molecule has 0 aromatic heterocycles. The Kier molecular flexibility index (Phi) is 6.46. The van der Waals surface area contributed by atoms with Gasteiger partial charge in [0, 0.05) is 19.5 Å². The van der Waals surface area contributed by atoms with E-state index in [0.29, 0.717) is 5.91 Å². The molecular formula is C13H26N2O. The van der Waals surface area contributed by atoms with Crippen LogP contribution in [0.2, 0.25) is 0 Å². The third-order valence-corrected chi connectivity index (χ3v) is 3.01. The van der Waals surface area contributed by atoms with Crippen molar-refractivity contribution in [1.29, 1.82) is 0 Å². The second kappa shape index (κ2) is 7.66. The molecular weight excluding hydrogens is 200 g/mol. The molecule has 16 heavy (non-hydrogen) atoms. The van der Waals surface area contributed by atoms with Crippen LogP contribution >= 0.6 is 0 Å². The van der Waals surface area contributed by atoms with Gasteiger partial charge in [-0.3, -0.25) is 4.79 Å². The van der Waals surface area contributed by atoms with Gasteiger partial charge >= 0.3 is 0 Å². The largest absolute Gasteiger partial charge is 0.343 e. The lowest BCUT2D eigenvalue weighted by Crippen LogP contribution is -2.36. The summed E-state index contributed by atoms with van der Waals surface area (Å²) in [7, 11) is 0. The van der Waals surface area contributed by atoms with E-state index in [9.17, 15) is 4.79 Å². The molecule has 1 heterocycles. The van der Waals surface area contributed by atoms with Gasteiger partial charge in [0.2, 0.25) is 5.91 Å². The van der Waals surface area contributed by atoms with Gasteiger partial charge in [-0.25, -0.2) is 0 Å². The minimum Gasteiger partial charge on any atom is -0.343 e. The predicted molar refractivity (Wildman–Crippen MR) is 67.4 cm³/mol. The Morgan fingerprint density at radius 1 is 1.31 bits per heavy atom. The first kappa shape index (κ1) is 13.5. The van der Waals surface area contributed by atoms with Crippen molar-refractivity contribution >= 4 is 5.91 Å². The molecule has 0 saturated carbocycles. The summed E-state index contributed by atoms with van der Waals surface area (Å²) >= 11 is 0. The molecule has 0 spiro atoms. The first-order valence-corrected chi connectivity index (χ1v) is 6.68. The Hall–Kier alpha value is -0.570. The highest BCUT2D eigenvalue weighted by Gasteiger charge is 2.16. The Morgan fingerprint density at radius 2 is 2.12 bits per heavy atom. The van der Waals surface area contributed by atoms with Gasteiger partial charge in [0.25, 0.3) is 0 Å². The monoisotopic (exact) mass is 226 g/mol. The number of carbonyl (C=O) groups excluding carboxylic acids is 1. The van der Waals surface area contributed by atoms with Crippen molar-refractivity contribution in [3.8, 4) is 0 Å². The Balaban J connectivity index is 1.96. The van der Waals surface area contributed by atoms with Crippen LogP contribution in [0.5, 0.6) is 0 Å². The molecule has 0 atom stereocenters. The van der Waals surface area contributed by atoms with Crippen molar-refractivity contribution in [3.05, 3.63) is 0 Å². The van der Waals surface area contributed by atoms with Gasteiger partial charge in [-0.1, -0.05) is 13.8 Å². The smallest absolute Gasteiger partial charge is 0.222 e. The second-order valence-corrected chi connectivity index (χ2v) is 5.14. The fourth-order valence-corrected chi connectivity index (χ4v) is 2.04. The number of rotatable bonds is 7. The summed E-state index contributed by atoms with van der Waals surface area (Å²) in [5.41, 5.74) is 0. The van der Waals surface area contributed by atoms with Crippen LogP contribution < -0.4 is 5.32 Å². The number of carbonyl (C=O) groups is 1. The van der Waals surface area contributed by atoms with E-state index in [1.54, 1.807) is 0 Å². The van der Waals surface area contributed by atoms with Crippen LogP contribution in [-0.4, -0.2) is 37.0 Å². The summed E-state index contributed by atoms with van der Waals surface area (Å²) < 4.78 is 0. The Bertz CT molecular complexity index is 204. The maximum Gasteiger partial charge on any atom is 0.222 e. The van der Waals surface area contributed by atoms with Crippen molar-refractivity contribution in [3.63, 3.8) is 0 Å². The van der Waals surface area contributed by atoms with E-state index in [-0.39, 0.29) is 0 Å². The number of nitrogens with zero attached hydrogens (tertiary/aromatic N) is 1. The van der Waals surface area contributed by atoms with E-state index >= 15 is 0 Å². The zero-order valence-corrected chi connectivity index (χ0v) is 10.8. The molecule has 0 unspecified atom stereocenters. The van der Waals surface area contributed by atoms with Gasteiger partial charge < -0.3 is 10.2 Å². The average molecular weight is 226 g/mol. The molecule has 1 aliphatic rings. The minimum atomic E-state index is 0.362. The molecule has 0 aliphatic carbocycles. The number of nitrogens with one attached hydrogen (secondary N) is 1. The first-order chi connectivity index (χ1) is 7.70. The van der Waals surface area contributed by atoms with Gasteiger partial charge in [-0.05, 0) is 44.7 Å². The minimum absolute atomic E-state index is 0.362. The summed E-state index contributed by atoms with van der Waals surface area (Å²) in [5, 5.41) is 3.43. The van der Waals surface area contributed by atoms with E-state index in [2.05, 4.69) is 19.2 Å². The lowest BCUT2D eigenvalue weighted by Gasteiger charge is -2.26. The highest BCUT2D eigenvalue weighted by molar-refractivity contribution is 5.76. The van der Waals surface area contributed by atoms with E-state index in [1.807, 2.05) is 4.90 Å². The summed E-state index contributed by atoms with van der Waals surface area (Å²) in [4.78, 5) is 13.5. The van der Waals surface area contributed by atoms with E-state index in [1.165, 1.54) is 12.8 Å². The maximum absolute atomic E-state index is 11.5. The van der Waals surface area contributed by atoms with Gasteiger partial charge in [0.15, 0.2) is 0 Å². The molecule has 94 valence electrons. The SMILES string of the molecule is CC(C)CNCCCCN1CCCCC1=O.